The molecule has 229 valence electrons. The van der Waals surface area contributed by atoms with E-state index < -0.39 is 90.1 Å². The van der Waals surface area contributed by atoms with Crippen molar-refractivity contribution in [2.24, 2.45) is 0 Å². The number of alkyl halides is 17. The first-order chi connectivity index (χ1) is 17.8. The number of carbonyl (C=O) groups excluding carboxylic acids is 1. The molecule has 1 aromatic carbocycles. The van der Waals surface area contributed by atoms with Gasteiger partial charge < -0.3 is 9.53 Å². The van der Waals surface area contributed by atoms with Crippen molar-refractivity contribution in [1.29, 1.82) is 0 Å². The molecule has 3 nitrogen and oxygen atoms in total. The molecule has 0 amide bonds. The Morgan fingerprint density at radius 1 is 0.725 bits per heavy atom. The fourth-order valence-electron chi connectivity index (χ4n) is 3.10. The Morgan fingerprint density at radius 3 is 1.50 bits per heavy atom. The molecule has 0 aliphatic rings. The summed E-state index contributed by atoms with van der Waals surface area (Å²) in [6, 6.07) is 1.79. The van der Waals surface area contributed by atoms with Crippen molar-refractivity contribution in [3.63, 3.8) is 0 Å². The van der Waals surface area contributed by atoms with Crippen LogP contribution in [0.4, 0.5) is 74.6 Å². The molecule has 0 spiro atoms. The van der Waals surface area contributed by atoms with Gasteiger partial charge in [0, 0.05) is 0 Å². The zero-order valence-corrected chi connectivity index (χ0v) is 19.6. The smallest absolute Gasteiger partial charge is 0.384 e. The van der Waals surface area contributed by atoms with Crippen LogP contribution >= 0.6 is 0 Å². The van der Waals surface area contributed by atoms with Gasteiger partial charge in [-0.05, 0) is 11.1 Å². The second-order valence-electron chi connectivity index (χ2n) is 7.87. The summed E-state index contributed by atoms with van der Waals surface area (Å²) in [6.07, 6.45) is -20.8. The van der Waals surface area contributed by atoms with Crippen LogP contribution < -0.4 is 0 Å². The fourth-order valence-corrected chi connectivity index (χ4v) is 3.24. The predicted molar refractivity (Wildman–Crippen MR) is 97.4 cm³/mol. The van der Waals surface area contributed by atoms with E-state index in [-0.39, 0.29) is 6.07 Å². The normalized spacial score (nSPS) is 17.4. The van der Waals surface area contributed by atoms with Crippen molar-refractivity contribution >= 4 is 16.5 Å². The summed E-state index contributed by atoms with van der Waals surface area (Å²) in [5, 5.41) is 9.21. The van der Waals surface area contributed by atoms with E-state index in [4.69, 9.17) is 0 Å². The molecule has 4 atom stereocenters. The molecule has 4 unspecified atom stereocenters. The van der Waals surface area contributed by atoms with Gasteiger partial charge >= 0.3 is 52.0 Å². The standard InChI is InChI=1S/C19H12F17O3Si/c20-9(12(23)24)11(22)15(27,28)17(31,32)19(35,36)18(33,34)16(29,30)14(25,26)10(21)7-4-2-1-3-6(7)8(5-37)13(38)39-40/h1-4,8-12,37H,5H2. The molecule has 0 fully saturated rings. The summed E-state index contributed by atoms with van der Waals surface area (Å²) in [5.41, 5.74) is -3.13. The number of aliphatic hydroxyl groups is 1. The van der Waals surface area contributed by atoms with Crippen molar-refractivity contribution in [3.05, 3.63) is 35.4 Å². The van der Waals surface area contributed by atoms with Gasteiger partial charge in [0.1, 0.15) is 5.92 Å². The maximum Gasteiger partial charge on any atom is 0.384 e. The molecule has 0 aliphatic carbocycles. The highest BCUT2D eigenvalue weighted by Gasteiger charge is 2.92. The Bertz CT molecular complexity index is 1030. The molecule has 21 heteroatoms. The number of benzene rings is 1. The van der Waals surface area contributed by atoms with E-state index in [2.05, 4.69) is 14.9 Å². The third-order valence-electron chi connectivity index (χ3n) is 5.42. The third kappa shape index (κ3) is 5.33. The van der Waals surface area contributed by atoms with Crippen molar-refractivity contribution in [3.8, 4) is 0 Å². The van der Waals surface area contributed by atoms with Gasteiger partial charge in [-0.15, -0.1) is 0 Å². The number of hydrogen-bond donors (Lipinski definition) is 1. The number of aliphatic hydroxyl groups excluding tert-OH is 1. The van der Waals surface area contributed by atoms with Crippen molar-refractivity contribution in [1.82, 2.24) is 0 Å². The van der Waals surface area contributed by atoms with Gasteiger partial charge in [-0.25, -0.2) is 22.0 Å². The fraction of sp³-hybridized carbons (Fsp3) is 0.632. The van der Waals surface area contributed by atoms with Crippen LogP contribution in [0.1, 0.15) is 23.2 Å². The maximum atomic E-state index is 14.7. The monoisotopic (exact) mass is 639 g/mol. The van der Waals surface area contributed by atoms with Crippen LogP contribution in [0.3, 0.4) is 0 Å². The molecular weight excluding hydrogens is 627 g/mol. The largest absolute Gasteiger partial charge is 0.516 e. The molecule has 0 saturated heterocycles. The minimum atomic E-state index is -8.50. The Labute approximate surface area is 214 Å². The van der Waals surface area contributed by atoms with Crippen molar-refractivity contribution in [2.75, 3.05) is 6.61 Å². The quantitative estimate of drug-likeness (QED) is 0.208. The number of carbonyl (C=O) groups is 1. The molecule has 1 N–H and O–H groups in total. The van der Waals surface area contributed by atoms with Gasteiger partial charge in [0.2, 0.25) is 6.17 Å². The van der Waals surface area contributed by atoms with Crippen LogP contribution in [-0.4, -0.2) is 82.5 Å². The third-order valence-corrected chi connectivity index (χ3v) is 5.62. The minimum absolute atomic E-state index is 0.0616. The van der Waals surface area contributed by atoms with Gasteiger partial charge in [-0.3, -0.25) is 4.79 Å². The van der Waals surface area contributed by atoms with Crippen LogP contribution in [0.25, 0.3) is 0 Å². The van der Waals surface area contributed by atoms with E-state index in [0.717, 1.165) is 6.07 Å². The zero-order chi connectivity index (χ0) is 31.9. The van der Waals surface area contributed by atoms with Crippen LogP contribution in [0.2, 0.25) is 0 Å². The number of halogens is 17. The van der Waals surface area contributed by atoms with E-state index in [1.807, 2.05) is 0 Å². The average molecular weight is 639 g/mol. The molecule has 0 bridgehead atoms. The highest BCUT2D eigenvalue weighted by atomic mass is 28.2. The number of hydrogen-bond acceptors (Lipinski definition) is 3. The Balaban J connectivity index is 3.72. The summed E-state index contributed by atoms with van der Waals surface area (Å²) < 4.78 is 237. The lowest BCUT2D eigenvalue weighted by Gasteiger charge is -2.42. The first-order valence-electron chi connectivity index (χ1n) is 9.88. The van der Waals surface area contributed by atoms with Crippen LogP contribution in [-0.2, 0) is 9.22 Å². The van der Waals surface area contributed by atoms with Gasteiger partial charge in [-0.1, -0.05) is 24.3 Å². The molecule has 1 rings (SSSR count). The molecule has 0 aromatic heterocycles. The number of rotatable bonds is 13. The maximum absolute atomic E-state index is 14.7. The first-order valence-corrected chi connectivity index (χ1v) is 10.3. The van der Waals surface area contributed by atoms with Gasteiger partial charge in [0.15, 0.2) is 12.3 Å². The second kappa shape index (κ2) is 11.5. The summed E-state index contributed by atoms with van der Waals surface area (Å²) in [5.74, 6) is -52.1. The Kier molecular flexibility index (Phi) is 10.3. The van der Waals surface area contributed by atoms with Crippen LogP contribution in [0.15, 0.2) is 24.3 Å². The first kappa shape index (κ1) is 35.7. The van der Waals surface area contributed by atoms with E-state index in [1.54, 1.807) is 0 Å². The topological polar surface area (TPSA) is 46.5 Å². The minimum Gasteiger partial charge on any atom is -0.516 e. The molecule has 1 aromatic rings. The molecular formula is C19H12F17O3Si. The van der Waals surface area contributed by atoms with Crippen molar-refractivity contribution in [2.45, 2.75) is 66.4 Å². The lowest BCUT2D eigenvalue weighted by molar-refractivity contribution is -0.434. The predicted octanol–water partition coefficient (Wildman–Crippen LogP) is 6.15. The summed E-state index contributed by atoms with van der Waals surface area (Å²) in [6.45, 7) is -1.47. The average Bonchev–Trinajstić information content (AvgIpc) is 2.86. The van der Waals surface area contributed by atoms with Gasteiger partial charge in [0.05, 0.1) is 6.61 Å². The summed E-state index contributed by atoms with van der Waals surface area (Å²) >= 11 is 0. The Hall–Kier alpha value is -2.32. The molecule has 0 heterocycles. The molecule has 0 aliphatic heterocycles. The summed E-state index contributed by atoms with van der Waals surface area (Å²) in [7, 11) is 2.12. The zero-order valence-electron chi connectivity index (χ0n) is 18.6. The lowest BCUT2D eigenvalue weighted by atomic mass is 9.84. The van der Waals surface area contributed by atoms with E-state index in [9.17, 15) is 84.5 Å². The molecule has 40 heavy (non-hydrogen) atoms. The summed E-state index contributed by atoms with van der Waals surface area (Å²) in [4.78, 5) is 11.6. The highest BCUT2D eigenvalue weighted by molar-refractivity contribution is 6.06. The van der Waals surface area contributed by atoms with E-state index in [1.165, 1.54) is 0 Å². The lowest BCUT2D eigenvalue weighted by Crippen LogP contribution is -2.72. The van der Waals surface area contributed by atoms with Crippen LogP contribution in [0, 0.1) is 0 Å². The van der Waals surface area contributed by atoms with Crippen molar-refractivity contribution < 1.29 is 89.0 Å². The highest BCUT2D eigenvalue weighted by Crippen LogP contribution is 2.63. The van der Waals surface area contributed by atoms with E-state index in [0.29, 0.717) is 12.1 Å². The second-order valence-corrected chi connectivity index (χ2v) is 8.08. The SMILES string of the molecule is O=C(O[Si])C(CO)c1ccccc1C(F)C(F)(F)C(F)(F)C(F)(F)C(F)(F)C(F)(F)C(F)(F)C(F)C(F)C(F)F. The Morgan fingerprint density at radius 2 is 1.12 bits per heavy atom. The van der Waals surface area contributed by atoms with Gasteiger partial charge in [-0.2, -0.15) is 52.7 Å². The van der Waals surface area contributed by atoms with Gasteiger partial charge in [0.25, 0.3) is 6.43 Å². The van der Waals surface area contributed by atoms with Crippen LogP contribution in [0.5, 0.6) is 0 Å². The molecule has 3 radical (unpaired) electrons. The molecule has 0 saturated carbocycles. The van der Waals surface area contributed by atoms with E-state index >= 15 is 0 Å².